The summed E-state index contributed by atoms with van der Waals surface area (Å²) >= 11 is 11.8. The largest absolute Gasteiger partial charge is 0.452 e. The predicted molar refractivity (Wildman–Crippen MR) is 123 cm³/mol. The monoisotopic (exact) mass is 435 g/mol. The molecule has 1 aliphatic rings. The molecular formula is C23H18ClN3O2S. The molecule has 5 nitrogen and oxygen atoms in total. The zero-order valence-corrected chi connectivity index (χ0v) is 17.7. The zero-order chi connectivity index (χ0) is 21.1. The van der Waals surface area contributed by atoms with E-state index in [2.05, 4.69) is 10.3 Å². The Hall–Kier alpha value is -3.22. The maximum Gasteiger partial charge on any atom is 0.251 e. The molecule has 1 aliphatic heterocycles. The van der Waals surface area contributed by atoms with Crippen molar-refractivity contribution in [1.29, 1.82) is 0 Å². The number of ether oxygens (including phenoxy) is 1. The van der Waals surface area contributed by atoms with Crippen molar-refractivity contribution in [3.8, 4) is 5.75 Å². The molecule has 0 unspecified atom stereocenters. The second-order valence-electron chi connectivity index (χ2n) is 6.67. The number of nitrogens with one attached hydrogen (secondary N) is 1. The maximum atomic E-state index is 11.7. The second-order valence-corrected chi connectivity index (χ2v) is 7.50. The number of pyridine rings is 1. The van der Waals surface area contributed by atoms with Gasteiger partial charge in [-0.25, -0.2) is 0 Å². The number of carbonyl (C=O) groups excluding carboxylic acids is 1. The summed E-state index contributed by atoms with van der Waals surface area (Å²) < 4.78 is 6.07. The van der Waals surface area contributed by atoms with Crippen molar-refractivity contribution in [2.24, 2.45) is 0 Å². The average Bonchev–Trinajstić information content (AvgIpc) is 2.78. The van der Waals surface area contributed by atoms with Crippen molar-refractivity contribution in [1.82, 2.24) is 10.3 Å². The van der Waals surface area contributed by atoms with Crippen LogP contribution in [0.3, 0.4) is 0 Å². The third kappa shape index (κ3) is 4.20. The molecule has 0 aliphatic carbocycles. The molecule has 2 aromatic carbocycles. The van der Waals surface area contributed by atoms with E-state index in [0.29, 0.717) is 33.6 Å². The molecule has 0 radical (unpaired) electrons. The Morgan fingerprint density at radius 1 is 1.17 bits per heavy atom. The van der Waals surface area contributed by atoms with Gasteiger partial charge in [0.1, 0.15) is 10.7 Å². The fraction of sp³-hybridized carbons (Fsp3) is 0.0870. The van der Waals surface area contributed by atoms with Gasteiger partial charge in [0.15, 0.2) is 11.5 Å². The Kier molecular flexibility index (Phi) is 5.79. The first kappa shape index (κ1) is 20.1. The summed E-state index contributed by atoms with van der Waals surface area (Å²) in [4.78, 5) is 18.5. The topological polar surface area (TPSA) is 54.5 Å². The Labute approximate surface area is 185 Å². The number of amides is 1. The van der Waals surface area contributed by atoms with E-state index in [-0.39, 0.29) is 5.91 Å². The van der Waals surface area contributed by atoms with Crippen LogP contribution in [-0.2, 0) is 6.54 Å². The summed E-state index contributed by atoms with van der Waals surface area (Å²) in [5.41, 5.74) is 3.34. The summed E-state index contributed by atoms with van der Waals surface area (Å²) in [5.74, 6) is 1.11. The first-order valence-corrected chi connectivity index (χ1v) is 10.1. The molecule has 7 heteroatoms. The highest BCUT2D eigenvalue weighted by Gasteiger charge is 2.27. The van der Waals surface area contributed by atoms with Gasteiger partial charge in [-0.2, -0.15) is 0 Å². The van der Waals surface area contributed by atoms with Gasteiger partial charge in [-0.15, -0.1) is 0 Å². The van der Waals surface area contributed by atoms with Crippen LogP contribution < -0.4 is 15.0 Å². The van der Waals surface area contributed by atoms with E-state index in [9.17, 15) is 4.79 Å². The van der Waals surface area contributed by atoms with Gasteiger partial charge in [-0.1, -0.05) is 48.1 Å². The first-order valence-electron chi connectivity index (χ1n) is 9.27. The van der Waals surface area contributed by atoms with Gasteiger partial charge in [0.25, 0.3) is 5.91 Å². The van der Waals surface area contributed by atoms with Crippen LogP contribution in [0.5, 0.6) is 5.75 Å². The van der Waals surface area contributed by atoms with Gasteiger partial charge in [0.05, 0.1) is 6.20 Å². The number of rotatable bonds is 4. The summed E-state index contributed by atoms with van der Waals surface area (Å²) in [5, 5.41) is 3.30. The molecule has 1 amide bonds. The highest BCUT2D eigenvalue weighted by Crippen LogP contribution is 2.36. The molecular weight excluding hydrogens is 418 g/mol. The standard InChI is InChI=1S/C23H18ClN3O2S/c1-25-22(28)17-6-2-15(3-7-17)12-21-23(30)27(14-16-4-8-18(24)9-5-16)19-13-26-11-10-20(19)29-21/h2-13H,14H2,1H3,(H,25,28). The van der Waals surface area contributed by atoms with Gasteiger partial charge in [0.2, 0.25) is 0 Å². The lowest BCUT2D eigenvalue weighted by Crippen LogP contribution is -2.35. The molecule has 150 valence electrons. The number of hydrogen-bond donors (Lipinski definition) is 1. The molecule has 0 fully saturated rings. The highest BCUT2D eigenvalue weighted by molar-refractivity contribution is 7.81. The number of nitrogens with zero attached hydrogens (tertiary/aromatic N) is 2. The second kappa shape index (κ2) is 8.65. The van der Waals surface area contributed by atoms with Crippen molar-refractivity contribution < 1.29 is 9.53 Å². The van der Waals surface area contributed by atoms with E-state index < -0.39 is 0 Å². The molecule has 0 saturated carbocycles. The quantitative estimate of drug-likeness (QED) is 0.468. The number of fused-ring (bicyclic) bond motifs is 1. The number of benzene rings is 2. The number of hydrogen-bond acceptors (Lipinski definition) is 4. The van der Waals surface area contributed by atoms with Gasteiger partial charge >= 0.3 is 0 Å². The van der Waals surface area contributed by atoms with Gasteiger partial charge in [-0.05, 0) is 41.5 Å². The summed E-state index contributed by atoms with van der Waals surface area (Å²) in [6, 6.07) is 16.7. The highest BCUT2D eigenvalue weighted by atomic mass is 35.5. The smallest absolute Gasteiger partial charge is 0.251 e. The number of carbonyl (C=O) groups is 1. The number of thiocarbonyl (C=S) groups is 1. The Bertz CT molecular complexity index is 1130. The van der Waals surface area contributed by atoms with Gasteiger partial charge < -0.3 is 15.0 Å². The molecule has 3 aromatic rings. The maximum absolute atomic E-state index is 11.7. The van der Waals surface area contributed by atoms with E-state index in [4.69, 9.17) is 28.6 Å². The van der Waals surface area contributed by atoms with Crippen molar-refractivity contribution in [2.75, 3.05) is 11.9 Å². The van der Waals surface area contributed by atoms with Gasteiger partial charge in [-0.3, -0.25) is 9.78 Å². The van der Waals surface area contributed by atoms with Crippen LogP contribution in [0.1, 0.15) is 21.5 Å². The van der Waals surface area contributed by atoms with E-state index in [1.165, 1.54) is 0 Å². The molecule has 1 N–H and O–H groups in total. The van der Waals surface area contributed by atoms with E-state index in [1.807, 2.05) is 53.4 Å². The number of aromatic nitrogens is 1. The molecule has 30 heavy (non-hydrogen) atoms. The fourth-order valence-electron chi connectivity index (χ4n) is 3.11. The van der Waals surface area contributed by atoms with Crippen molar-refractivity contribution in [2.45, 2.75) is 6.54 Å². The van der Waals surface area contributed by atoms with Crippen LogP contribution in [0.4, 0.5) is 5.69 Å². The van der Waals surface area contributed by atoms with Crippen molar-refractivity contribution >= 4 is 46.5 Å². The number of anilines is 1. The van der Waals surface area contributed by atoms with E-state index >= 15 is 0 Å². The third-order valence-corrected chi connectivity index (χ3v) is 5.35. The average molecular weight is 436 g/mol. The van der Waals surface area contributed by atoms with Crippen LogP contribution in [-0.4, -0.2) is 22.9 Å². The van der Waals surface area contributed by atoms with Crippen LogP contribution in [0.2, 0.25) is 5.02 Å². The Morgan fingerprint density at radius 2 is 1.90 bits per heavy atom. The molecule has 0 spiro atoms. The Morgan fingerprint density at radius 3 is 2.60 bits per heavy atom. The lowest BCUT2D eigenvalue weighted by Gasteiger charge is -2.32. The molecule has 2 heterocycles. The number of halogens is 1. The van der Waals surface area contributed by atoms with Crippen LogP contribution in [0, 0.1) is 0 Å². The van der Waals surface area contributed by atoms with Crippen LogP contribution in [0.15, 0.2) is 72.8 Å². The normalized spacial score (nSPS) is 14.3. The van der Waals surface area contributed by atoms with E-state index in [1.54, 1.807) is 31.6 Å². The van der Waals surface area contributed by atoms with E-state index in [0.717, 1.165) is 16.8 Å². The molecule has 0 saturated heterocycles. The summed E-state index contributed by atoms with van der Waals surface area (Å²) in [6.45, 7) is 0.561. The van der Waals surface area contributed by atoms with Crippen LogP contribution in [0.25, 0.3) is 6.08 Å². The van der Waals surface area contributed by atoms with Crippen molar-refractivity contribution in [3.05, 3.63) is 94.5 Å². The SMILES string of the molecule is CNC(=O)c1ccc(C=C2Oc3ccncc3N(Cc3ccc(Cl)cc3)C2=S)cc1. The minimum atomic E-state index is -0.130. The molecule has 0 atom stereocenters. The lowest BCUT2D eigenvalue weighted by molar-refractivity contribution is 0.0963. The molecule has 1 aromatic heterocycles. The summed E-state index contributed by atoms with van der Waals surface area (Å²) in [6.07, 6.45) is 5.30. The summed E-state index contributed by atoms with van der Waals surface area (Å²) in [7, 11) is 1.61. The molecule has 0 bridgehead atoms. The van der Waals surface area contributed by atoms with Crippen LogP contribution >= 0.6 is 23.8 Å². The zero-order valence-electron chi connectivity index (χ0n) is 16.1. The molecule has 4 rings (SSSR count). The lowest BCUT2D eigenvalue weighted by atomic mass is 10.1. The minimum Gasteiger partial charge on any atom is -0.452 e. The predicted octanol–water partition coefficient (Wildman–Crippen LogP) is 4.86. The fourth-order valence-corrected chi connectivity index (χ4v) is 3.50. The van der Waals surface area contributed by atoms with Crippen molar-refractivity contribution in [3.63, 3.8) is 0 Å². The first-order chi connectivity index (χ1) is 14.5. The minimum absolute atomic E-state index is 0.130. The van der Waals surface area contributed by atoms with Gasteiger partial charge in [0, 0.05) is 36.4 Å². The third-order valence-electron chi connectivity index (χ3n) is 4.68. The Balaban J connectivity index is 1.66.